The van der Waals surface area contributed by atoms with Crippen LogP contribution in [-0.4, -0.2) is 13.7 Å². The van der Waals surface area contributed by atoms with Gasteiger partial charge >= 0.3 is 0 Å². The van der Waals surface area contributed by atoms with Gasteiger partial charge in [0.1, 0.15) is 5.75 Å². The topological polar surface area (TPSA) is 21.3 Å². The average molecular weight is 261 g/mol. The first kappa shape index (κ1) is 14.4. The Kier molecular flexibility index (Phi) is 5.71. The molecule has 0 amide bonds. The molecule has 0 bridgehead atoms. The van der Waals surface area contributed by atoms with E-state index in [9.17, 15) is 0 Å². The van der Waals surface area contributed by atoms with Crippen molar-refractivity contribution in [2.75, 3.05) is 13.7 Å². The molecule has 1 aliphatic carbocycles. The van der Waals surface area contributed by atoms with Crippen molar-refractivity contribution in [3.63, 3.8) is 0 Å². The summed E-state index contributed by atoms with van der Waals surface area (Å²) in [5.41, 5.74) is 1.42. The zero-order chi connectivity index (χ0) is 13.5. The van der Waals surface area contributed by atoms with Gasteiger partial charge in [0, 0.05) is 6.04 Å². The third-order valence-corrected chi connectivity index (χ3v) is 3.96. The highest BCUT2D eigenvalue weighted by Gasteiger charge is 2.31. The lowest BCUT2D eigenvalue weighted by atomic mass is 10.0. The van der Waals surface area contributed by atoms with Gasteiger partial charge in [0.15, 0.2) is 0 Å². The number of unbranched alkanes of at least 4 members (excludes halogenated alkanes) is 3. The molecule has 1 atom stereocenters. The van der Waals surface area contributed by atoms with Crippen LogP contribution in [-0.2, 0) is 0 Å². The van der Waals surface area contributed by atoms with Crippen LogP contribution in [0.3, 0.4) is 0 Å². The largest absolute Gasteiger partial charge is 0.497 e. The number of nitrogens with one attached hydrogen (secondary N) is 1. The molecule has 0 aromatic heterocycles. The van der Waals surface area contributed by atoms with Gasteiger partial charge in [-0.3, -0.25) is 0 Å². The summed E-state index contributed by atoms with van der Waals surface area (Å²) < 4.78 is 5.23. The fraction of sp³-hybridized carbons (Fsp3) is 0.647. The van der Waals surface area contributed by atoms with E-state index in [4.69, 9.17) is 4.74 Å². The molecule has 1 saturated carbocycles. The third-order valence-electron chi connectivity index (χ3n) is 3.96. The van der Waals surface area contributed by atoms with Crippen LogP contribution in [0.2, 0.25) is 0 Å². The number of ether oxygens (including phenoxy) is 1. The van der Waals surface area contributed by atoms with E-state index in [1.807, 2.05) is 0 Å². The number of methoxy groups -OCH3 is 1. The van der Waals surface area contributed by atoms with E-state index in [0.717, 1.165) is 18.2 Å². The predicted molar refractivity (Wildman–Crippen MR) is 80.6 cm³/mol. The van der Waals surface area contributed by atoms with Gasteiger partial charge < -0.3 is 10.1 Å². The van der Waals surface area contributed by atoms with Crippen molar-refractivity contribution in [3.8, 4) is 5.75 Å². The van der Waals surface area contributed by atoms with Crippen LogP contribution in [0.5, 0.6) is 5.75 Å². The first-order valence-corrected chi connectivity index (χ1v) is 7.72. The second-order valence-electron chi connectivity index (χ2n) is 5.60. The minimum Gasteiger partial charge on any atom is -0.497 e. The number of hydrogen-bond acceptors (Lipinski definition) is 2. The summed E-state index contributed by atoms with van der Waals surface area (Å²) in [5.74, 6) is 1.79. The highest BCUT2D eigenvalue weighted by molar-refractivity contribution is 5.30. The van der Waals surface area contributed by atoms with Gasteiger partial charge in [0.05, 0.1) is 7.11 Å². The van der Waals surface area contributed by atoms with Crippen molar-refractivity contribution < 1.29 is 4.74 Å². The van der Waals surface area contributed by atoms with E-state index in [1.54, 1.807) is 7.11 Å². The minimum atomic E-state index is 0.549. The lowest BCUT2D eigenvalue weighted by molar-refractivity contribution is 0.413. The molecule has 1 aromatic carbocycles. The minimum absolute atomic E-state index is 0.549. The van der Waals surface area contributed by atoms with Crippen molar-refractivity contribution >= 4 is 0 Å². The Labute approximate surface area is 117 Å². The summed E-state index contributed by atoms with van der Waals surface area (Å²) in [7, 11) is 1.72. The zero-order valence-corrected chi connectivity index (χ0v) is 12.3. The smallest absolute Gasteiger partial charge is 0.118 e. The van der Waals surface area contributed by atoms with Gasteiger partial charge in [-0.15, -0.1) is 0 Å². The van der Waals surface area contributed by atoms with E-state index in [1.165, 1.54) is 44.1 Å². The summed E-state index contributed by atoms with van der Waals surface area (Å²) in [5, 5.41) is 3.75. The standard InChI is InChI=1S/C17H27NO/c1-3-4-5-6-13-18-17(14-7-8-14)15-9-11-16(19-2)12-10-15/h9-12,14,17-18H,3-8,13H2,1-2H3. The highest BCUT2D eigenvalue weighted by Crippen LogP contribution is 2.41. The van der Waals surface area contributed by atoms with Crippen LogP contribution in [0.15, 0.2) is 24.3 Å². The van der Waals surface area contributed by atoms with E-state index in [-0.39, 0.29) is 0 Å². The Morgan fingerprint density at radius 3 is 2.47 bits per heavy atom. The molecule has 19 heavy (non-hydrogen) atoms. The molecule has 2 rings (SSSR count). The fourth-order valence-corrected chi connectivity index (χ4v) is 2.61. The fourth-order valence-electron chi connectivity index (χ4n) is 2.61. The van der Waals surface area contributed by atoms with E-state index in [2.05, 4.69) is 36.5 Å². The SMILES string of the molecule is CCCCCCNC(c1ccc(OC)cc1)C1CC1. The van der Waals surface area contributed by atoms with E-state index in [0.29, 0.717) is 6.04 Å². The molecule has 2 nitrogen and oxygen atoms in total. The Hall–Kier alpha value is -1.02. The van der Waals surface area contributed by atoms with Gasteiger partial charge in [-0.2, -0.15) is 0 Å². The van der Waals surface area contributed by atoms with E-state index >= 15 is 0 Å². The molecule has 1 unspecified atom stereocenters. The second-order valence-corrected chi connectivity index (χ2v) is 5.60. The van der Waals surface area contributed by atoms with Crippen molar-refractivity contribution in [2.24, 2.45) is 5.92 Å². The maximum absolute atomic E-state index is 5.23. The quantitative estimate of drug-likeness (QED) is 0.669. The van der Waals surface area contributed by atoms with Gasteiger partial charge in [-0.25, -0.2) is 0 Å². The third kappa shape index (κ3) is 4.54. The molecule has 0 spiro atoms. The lowest BCUT2D eigenvalue weighted by Crippen LogP contribution is -2.24. The van der Waals surface area contributed by atoms with Gasteiger partial charge in [-0.1, -0.05) is 38.3 Å². The normalized spacial score (nSPS) is 16.3. The maximum atomic E-state index is 5.23. The Bertz CT molecular complexity index is 356. The summed E-state index contributed by atoms with van der Waals surface area (Å²) >= 11 is 0. The molecule has 0 heterocycles. The zero-order valence-electron chi connectivity index (χ0n) is 12.3. The molecular formula is C17H27NO. The molecule has 1 fully saturated rings. The van der Waals surface area contributed by atoms with Crippen molar-refractivity contribution in [1.82, 2.24) is 5.32 Å². The predicted octanol–water partition coefficient (Wildman–Crippen LogP) is 4.32. The monoisotopic (exact) mass is 261 g/mol. The average Bonchev–Trinajstić information content (AvgIpc) is 3.28. The van der Waals surface area contributed by atoms with Crippen LogP contribution >= 0.6 is 0 Å². The lowest BCUT2D eigenvalue weighted by Gasteiger charge is -2.19. The highest BCUT2D eigenvalue weighted by atomic mass is 16.5. The molecule has 1 aliphatic rings. The molecule has 0 saturated heterocycles. The Balaban J connectivity index is 1.84. The van der Waals surface area contributed by atoms with Crippen molar-refractivity contribution in [3.05, 3.63) is 29.8 Å². The molecule has 0 radical (unpaired) electrons. The summed E-state index contributed by atoms with van der Waals surface area (Å²) in [4.78, 5) is 0. The second kappa shape index (κ2) is 7.54. The first-order chi connectivity index (χ1) is 9.35. The van der Waals surface area contributed by atoms with Gasteiger partial charge in [0.2, 0.25) is 0 Å². The molecule has 106 valence electrons. The van der Waals surface area contributed by atoms with Crippen LogP contribution < -0.4 is 10.1 Å². The molecule has 1 N–H and O–H groups in total. The number of hydrogen-bond donors (Lipinski definition) is 1. The molecule has 2 heteroatoms. The number of rotatable bonds is 9. The molecular weight excluding hydrogens is 234 g/mol. The molecule has 0 aliphatic heterocycles. The van der Waals surface area contributed by atoms with E-state index < -0.39 is 0 Å². The van der Waals surface area contributed by atoms with Crippen molar-refractivity contribution in [1.29, 1.82) is 0 Å². The first-order valence-electron chi connectivity index (χ1n) is 7.72. The van der Waals surface area contributed by atoms with Gasteiger partial charge in [0.25, 0.3) is 0 Å². The Morgan fingerprint density at radius 1 is 1.16 bits per heavy atom. The van der Waals surface area contributed by atoms with Gasteiger partial charge in [-0.05, 0) is 49.4 Å². The number of benzene rings is 1. The Morgan fingerprint density at radius 2 is 1.89 bits per heavy atom. The molecule has 1 aromatic rings. The van der Waals surface area contributed by atoms with Crippen LogP contribution in [0.4, 0.5) is 0 Å². The van der Waals surface area contributed by atoms with Crippen molar-refractivity contribution in [2.45, 2.75) is 51.5 Å². The maximum Gasteiger partial charge on any atom is 0.118 e. The van der Waals surface area contributed by atoms with Crippen LogP contribution in [0.25, 0.3) is 0 Å². The summed E-state index contributed by atoms with van der Waals surface area (Å²) in [6.07, 6.45) is 8.07. The summed E-state index contributed by atoms with van der Waals surface area (Å²) in [6.45, 7) is 3.41. The summed E-state index contributed by atoms with van der Waals surface area (Å²) in [6, 6.07) is 9.11. The van der Waals surface area contributed by atoms with Crippen LogP contribution in [0, 0.1) is 5.92 Å². The van der Waals surface area contributed by atoms with Crippen LogP contribution in [0.1, 0.15) is 57.1 Å².